The van der Waals surface area contributed by atoms with Crippen LogP contribution in [0.15, 0.2) is 0 Å². The van der Waals surface area contributed by atoms with Gasteiger partial charge in [0.05, 0.1) is 12.5 Å². The largest absolute Gasteiger partial charge is 0.365 e. The predicted molar refractivity (Wildman–Crippen MR) is 47.0 cm³/mol. The van der Waals surface area contributed by atoms with Gasteiger partial charge in [0.15, 0.2) is 0 Å². The highest BCUT2D eigenvalue weighted by atomic mass is 16.5. The molecule has 0 spiro atoms. The van der Waals surface area contributed by atoms with Crippen LogP contribution in [0.2, 0.25) is 0 Å². The monoisotopic (exact) mass is 185 g/mol. The summed E-state index contributed by atoms with van der Waals surface area (Å²) in [6.45, 7) is 5.93. The van der Waals surface area contributed by atoms with Crippen LogP contribution in [-0.2, 0) is 14.3 Å². The standard InChI is InChI=1S/C9H15NO3/c1-4-10-8(11)5-7(9(10)12)13-6(2)3/h6-7H,4-5H2,1-3H3. The number of ether oxygens (including phenoxy) is 1. The molecule has 1 atom stereocenters. The lowest BCUT2D eigenvalue weighted by Crippen LogP contribution is -2.33. The van der Waals surface area contributed by atoms with Crippen LogP contribution in [0.3, 0.4) is 0 Å². The van der Waals surface area contributed by atoms with Crippen LogP contribution in [0.4, 0.5) is 0 Å². The highest BCUT2D eigenvalue weighted by molar-refractivity contribution is 6.04. The van der Waals surface area contributed by atoms with Crippen molar-refractivity contribution >= 4 is 11.8 Å². The number of hydrogen-bond donors (Lipinski definition) is 0. The fourth-order valence-corrected chi connectivity index (χ4v) is 1.42. The summed E-state index contributed by atoms with van der Waals surface area (Å²) >= 11 is 0. The molecule has 0 radical (unpaired) electrons. The van der Waals surface area contributed by atoms with E-state index in [4.69, 9.17) is 4.74 Å². The maximum atomic E-state index is 11.5. The lowest BCUT2D eigenvalue weighted by molar-refractivity contribution is -0.143. The third-order valence-electron chi connectivity index (χ3n) is 1.96. The molecule has 0 aromatic rings. The summed E-state index contributed by atoms with van der Waals surface area (Å²) in [5.41, 5.74) is 0. The minimum Gasteiger partial charge on any atom is -0.365 e. The van der Waals surface area contributed by atoms with Crippen molar-refractivity contribution in [3.8, 4) is 0 Å². The molecule has 0 saturated carbocycles. The van der Waals surface area contributed by atoms with Gasteiger partial charge in [-0.1, -0.05) is 0 Å². The van der Waals surface area contributed by atoms with Gasteiger partial charge in [0, 0.05) is 6.54 Å². The minimum atomic E-state index is -0.549. The van der Waals surface area contributed by atoms with Crippen LogP contribution in [0.5, 0.6) is 0 Å². The fraction of sp³-hybridized carbons (Fsp3) is 0.778. The molecule has 1 fully saturated rings. The van der Waals surface area contributed by atoms with E-state index in [-0.39, 0.29) is 24.3 Å². The van der Waals surface area contributed by atoms with Crippen LogP contribution >= 0.6 is 0 Å². The van der Waals surface area contributed by atoms with Crippen molar-refractivity contribution in [2.75, 3.05) is 6.54 Å². The Kier molecular flexibility index (Phi) is 3.03. The first-order chi connectivity index (χ1) is 6.06. The summed E-state index contributed by atoms with van der Waals surface area (Å²) in [5.74, 6) is -0.320. The van der Waals surface area contributed by atoms with Gasteiger partial charge in [-0.05, 0) is 20.8 Å². The molecule has 0 aliphatic carbocycles. The van der Waals surface area contributed by atoms with Crippen LogP contribution in [0.1, 0.15) is 27.2 Å². The quantitative estimate of drug-likeness (QED) is 0.603. The van der Waals surface area contributed by atoms with Crippen molar-refractivity contribution in [3.05, 3.63) is 0 Å². The lowest BCUT2D eigenvalue weighted by atomic mass is 10.3. The maximum absolute atomic E-state index is 11.5. The Morgan fingerprint density at radius 1 is 1.54 bits per heavy atom. The van der Waals surface area contributed by atoms with E-state index in [1.54, 1.807) is 6.92 Å². The van der Waals surface area contributed by atoms with E-state index >= 15 is 0 Å². The molecule has 1 heterocycles. The first kappa shape index (κ1) is 10.2. The zero-order valence-electron chi connectivity index (χ0n) is 8.24. The number of hydrogen-bond acceptors (Lipinski definition) is 3. The zero-order valence-corrected chi connectivity index (χ0v) is 8.24. The molecule has 13 heavy (non-hydrogen) atoms. The number of rotatable bonds is 3. The average molecular weight is 185 g/mol. The summed E-state index contributed by atoms with van der Waals surface area (Å²) < 4.78 is 5.31. The summed E-state index contributed by atoms with van der Waals surface area (Å²) in [7, 11) is 0. The molecule has 1 aliphatic heterocycles. The summed E-state index contributed by atoms with van der Waals surface area (Å²) in [4.78, 5) is 23.9. The van der Waals surface area contributed by atoms with Crippen LogP contribution < -0.4 is 0 Å². The molecule has 4 heteroatoms. The zero-order chi connectivity index (χ0) is 10.0. The highest BCUT2D eigenvalue weighted by Crippen LogP contribution is 2.16. The Bertz CT molecular complexity index is 225. The topological polar surface area (TPSA) is 46.6 Å². The summed E-state index contributed by atoms with van der Waals surface area (Å²) in [5, 5.41) is 0. The van der Waals surface area contributed by atoms with Crippen LogP contribution in [-0.4, -0.2) is 35.5 Å². The van der Waals surface area contributed by atoms with Crippen LogP contribution in [0, 0.1) is 0 Å². The van der Waals surface area contributed by atoms with Gasteiger partial charge < -0.3 is 4.74 Å². The van der Waals surface area contributed by atoms with E-state index in [0.29, 0.717) is 6.54 Å². The number of amides is 2. The second-order valence-electron chi connectivity index (χ2n) is 3.35. The minimum absolute atomic E-state index is 0.0152. The molecular weight excluding hydrogens is 170 g/mol. The van der Waals surface area contributed by atoms with Crippen molar-refractivity contribution in [1.29, 1.82) is 0 Å². The van der Waals surface area contributed by atoms with Crippen molar-refractivity contribution in [2.24, 2.45) is 0 Å². The van der Waals surface area contributed by atoms with Gasteiger partial charge in [0.25, 0.3) is 5.91 Å². The second kappa shape index (κ2) is 3.87. The number of likely N-dealkylation sites (N-methyl/N-ethyl adjacent to an activating group) is 1. The number of nitrogens with zero attached hydrogens (tertiary/aromatic N) is 1. The molecule has 74 valence electrons. The third-order valence-corrected chi connectivity index (χ3v) is 1.96. The highest BCUT2D eigenvalue weighted by Gasteiger charge is 2.38. The number of likely N-dealkylation sites (tertiary alicyclic amines) is 1. The molecule has 2 amide bonds. The van der Waals surface area contributed by atoms with E-state index in [1.165, 1.54) is 4.90 Å². The van der Waals surface area contributed by atoms with E-state index in [9.17, 15) is 9.59 Å². The Hall–Kier alpha value is -0.900. The van der Waals surface area contributed by atoms with Gasteiger partial charge in [-0.2, -0.15) is 0 Å². The van der Waals surface area contributed by atoms with E-state index < -0.39 is 6.10 Å². The predicted octanol–water partition coefficient (Wildman–Crippen LogP) is 0.559. The average Bonchev–Trinajstić information content (AvgIpc) is 2.26. The van der Waals surface area contributed by atoms with E-state index in [1.807, 2.05) is 13.8 Å². The van der Waals surface area contributed by atoms with Gasteiger partial charge in [0.1, 0.15) is 6.10 Å². The van der Waals surface area contributed by atoms with E-state index in [2.05, 4.69) is 0 Å². The van der Waals surface area contributed by atoms with Gasteiger partial charge in [-0.25, -0.2) is 0 Å². The lowest BCUT2D eigenvalue weighted by Gasteiger charge is -2.14. The molecule has 1 saturated heterocycles. The molecular formula is C9H15NO3. The fourth-order valence-electron chi connectivity index (χ4n) is 1.42. The molecule has 0 aromatic carbocycles. The number of carbonyl (C=O) groups excluding carboxylic acids is 2. The van der Waals surface area contributed by atoms with Crippen LogP contribution in [0.25, 0.3) is 0 Å². The van der Waals surface area contributed by atoms with Crippen molar-refractivity contribution in [1.82, 2.24) is 4.90 Å². The van der Waals surface area contributed by atoms with Gasteiger partial charge in [-0.3, -0.25) is 14.5 Å². The molecule has 0 N–H and O–H groups in total. The number of imide groups is 1. The normalized spacial score (nSPS) is 23.4. The molecule has 0 bridgehead atoms. The summed E-state index contributed by atoms with van der Waals surface area (Å²) in [6, 6.07) is 0. The van der Waals surface area contributed by atoms with Gasteiger partial charge in [0.2, 0.25) is 5.91 Å². The Labute approximate surface area is 77.8 Å². The first-order valence-corrected chi connectivity index (χ1v) is 4.56. The maximum Gasteiger partial charge on any atom is 0.258 e. The van der Waals surface area contributed by atoms with Gasteiger partial charge >= 0.3 is 0 Å². The second-order valence-corrected chi connectivity index (χ2v) is 3.35. The molecule has 1 aliphatic rings. The molecule has 1 rings (SSSR count). The van der Waals surface area contributed by atoms with Crippen molar-refractivity contribution in [2.45, 2.75) is 39.4 Å². The SMILES string of the molecule is CCN1C(=O)CC(OC(C)C)C1=O. The Morgan fingerprint density at radius 2 is 2.15 bits per heavy atom. The van der Waals surface area contributed by atoms with Crippen molar-refractivity contribution in [3.63, 3.8) is 0 Å². The first-order valence-electron chi connectivity index (χ1n) is 4.56. The number of carbonyl (C=O) groups is 2. The molecule has 0 aromatic heterocycles. The smallest absolute Gasteiger partial charge is 0.258 e. The van der Waals surface area contributed by atoms with Gasteiger partial charge in [-0.15, -0.1) is 0 Å². The van der Waals surface area contributed by atoms with Crippen molar-refractivity contribution < 1.29 is 14.3 Å². The Morgan fingerprint density at radius 3 is 2.54 bits per heavy atom. The third kappa shape index (κ3) is 2.06. The molecule has 4 nitrogen and oxygen atoms in total. The summed E-state index contributed by atoms with van der Waals surface area (Å²) in [6.07, 6.45) is -0.365. The Balaban J connectivity index is 2.62. The van der Waals surface area contributed by atoms with E-state index in [0.717, 1.165) is 0 Å². The molecule has 1 unspecified atom stereocenters.